The van der Waals surface area contributed by atoms with Crippen molar-refractivity contribution in [3.63, 3.8) is 0 Å². The van der Waals surface area contributed by atoms with Gasteiger partial charge in [0.1, 0.15) is 11.5 Å². The van der Waals surface area contributed by atoms with E-state index < -0.39 is 0 Å². The zero-order valence-corrected chi connectivity index (χ0v) is 15.0. The lowest BCUT2D eigenvalue weighted by Crippen LogP contribution is -2.11. The maximum absolute atomic E-state index is 12.3. The molecule has 5 heteroatoms. The number of aromatic nitrogens is 1. The maximum atomic E-state index is 12.3. The molecule has 0 bridgehead atoms. The predicted molar refractivity (Wildman–Crippen MR) is 97.8 cm³/mol. The van der Waals surface area contributed by atoms with E-state index in [4.69, 9.17) is 4.42 Å². The van der Waals surface area contributed by atoms with Crippen LogP contribution in [-0.4, -0.2) is 10.9 Å². The molecule has 24 heavy (non-hydrogen) atoms. The standard InChI is InChI=1S/C19H20N2O2S/c1-11(2)14-5-7-15(8-6-14)17-10-24-19(20-17)21-18(22)16-9-12(3)23-13(16)4/h5-11H,1-4H3,(H,20,21,22). The number of rotatable bonds is 4. The van der Waals surface area contributed by atoms with Crippen molar-refractivity contribution in [3.05, 3.63) is 58.4 Å². The smallest absolute Gasteiger partial charge is 0.260 e. The third-order valence-electron chi connectivity index (χ3n) is 3.88. The molecule has 1 amide bonds. The van der Waals surface area contributed by atoms with Crippen LogP contribution in [0.15, 0.2) is 40.1 Å². The number of thiazole rings is 1. The van der Waals surface area contributed by atoms with Crippen LogP contribution in [-0.2, 0) is 0 Å². The molecule has 3 aromatic rings. The molecular weight excluding hydrogens is 320 g/mol. The Hall–Kier alpha value is -2.40. The van der Waals surface area contributed by atoms with Crippen LogP contribution in [0.2, 0.25) is 0 Å². The molecule has 0 saturated heterocycles. The first-order chi connectivity index (χ1) is 11.4. The number of hydrogen-bond donors (Lipinski definition) is 1. The molecule has 0 saturated carbocycles. The van der Waals surface area contributed by atoms with Gasteiger partial charge in [-0.05, 0) is 31.4 Å². The Bertz CT molecular complexity index is 860. The monoisotopic (exact) mass is 340 g/mol. The third-order valence-corrected chi connectivity index (χ3v) is 4.64. The zero-order chi connectivity index (χ0) is 17.3. The van der Waals surface area contributed by atoms with E-state index in [1.165, 1.54) is 16.9 Å². The van der Waals surface area contributed by atoms with Crippen molar-refractivity contribution in [1.29, 1.82) is 0 Å². The molecule has 1 N–H and O–H groups in total. The second kappa shape index (κ2) is 6.61. The first-order valence-electron chi connectivity index (χ1n) is 7.88. The molecule has 0 fully saturated rings. The third kappa shape index (κ3) is 3.41. The Morgan fingerprint density at radius 3 is 2.50 bits per heavy atom. The molecule has 0 unspecified atom stereocenters. The lowest BCUT2D eigenvalue weighted by molar-refractivity contribution is 0.102. The molecule has 2 aromatic heterocycles. The lowest BCUT2D eigenvalue weighted by Gasteiger charge is -2.05. The van der Waals surface area contributed by atoms with Crippen molar-refractivity contribution in [2.75, 3.05) is 5.32 Å². The number of anilines is 1. The van der Waals surface area contributed by atoms with Gasteiger partial charge in [0, 0.05) is 10.9 Å². The van der Waals surface area contributed by atoms with Crippen LogP contribution in [0.4, 0.5) is 5.13 Å². The van der Waals surface area contributed by atoms with Crippen LogP contribution in [0.1, 0.15) is 47.2 Å². The second-order valence-electron chi connectivity index (χ2n) is 6.10. The molecule has 0 aliphatic heterocycles. The van der Waals surface area contributed by atoms with Gasteiger partial charge in [-0.25, -0.2) is 4.98 Å². The van der Waals surface area contributed by atoms with Crippen molar-refractivity contribution in [2.45, 2.75) is 33.6 Å². The van der Waals surface area contributed by atoms with E-state index >= 15 is 0 Å². The number of nitrogens with one attached hydrogen (secondary N) is 1. The molecule has 3 rings (SSSR count). The Kier molecular flexibility index (Phi) is 4.53. The molecular formula is C19H20N2O2S. The summed E-state index contributed by atoms with van der Waals surface area (Å²) in [5, 5.41) is 5.38. The fourth-order valence-corrected chi connectivity index (χ4v) is 3.24. The summed E-state index contributed by atoms with van der Waals surface area (Å²) < 4.78 is 5.40. The number of aryl methyl sites for hydroxylation is 2. The van der Waals surface area contributed by atoms with Crippen molar-refractivity contribution >= 4 is 22.4 Å². The van der Waals surface area contributed by atoms with Gasteiger partial charge in [0.15, 0.2) is 5.13 Å². The van der Waals surface area contributed by atoms with Crippen LogP contribution in [0.5, 0.6) is 0 Å². The molecule has 0 aliphatic carbocycles. The van der Waals surface area contributed by atoms with Gasteiger partial charge in [0.2, 0.25) is 0 Å². The molecule has 4 nitrogen and oxygen atoms in total. The molecule has 0 spiro atoms. The van der Waals surface area contributed by atoms with E-state index in [2.05, 4.69) is 48.4 Å². The minimum atomic E-state index is -0.194. The molecule has 1 aromatic carbocycles. The average Bonchev–Trinajstić information content (AvgIpc) is 3.13. The van der Waals surface area contributed by atoms with Crippen LogP contribution >= 0.6 is 11.3 Å². The maximum Gasteiger partial charge on any atom is 0.260 e. The normalized spacial score (nSPS) is 11.0. The Morgan fingerprint density at radius 2 is 1.92 bits per heavy atom. The minimum Gasteiger partial charge on any atom is -0.466 e. The lowest BCUT2D eigenvalue weighted by atomic mass is 10.0. The Balaban J connectivity index is 1.76. The van der Waals surface area contributed by atoms with Gasteiger partial charge < -0.3 is 4.42 Å². The summed E-state index contributed by atoms with van der Waals surface area (Å²) in [6, 6.07) is 10.1. The summed E-state index contributed by atoms with van der Waals surface area (Å²) in [6.07, 6.45) is 0. The molecule has 0 aliphatic rings. The van der Waals surface area contributed by atoms with Gasteiger partial charge in [-0.15, -0.1) is 11.3 Å². The van der Waals surface area contributed by atoms with Crippen molar-refractivity contribution in [2.24, 2.45) is 0 Å². The minimum absolute atomic E-state index is 0.194. The number of carbonyl (C=O) groups is 1. The summed E-state index contributed by atoms with van der Waals surface area (Å²) in [6.45, 7) is 7.95. The number of furan rings is 1. The van der Waals surface area contributed by atoms with E-state index in [0.29, 0.717) is 22.4 Å². The highest BCUT2D eigenvalue weighted by Crippen LogP contribution is 2.27. The van der Waals surface area contributed by atoms with Gasteiger partial charge in [-0.1, -0.05) is 38.1 Å². The summed E-state index contributed by atoms with van der Waals surface area (Å²) in [4.78, 5) is 16.8. The summed E-state index contributed by atoms with van der Waals surface area (Å²) >= 11 is 1.42. The SMILES string of the molecule is Cc1cc(C(=O)Nc2nc(-c3ccc(C(C)C)cc3)cs2)c(C)o1. The topological polar surface area (TPSA) is 55.1 Å². The van der Waals surface area contributed by atoms with Gasteiger partial charge in [0.05, 0.1) is 11.3 Å². The quantitative estimate of drug-likeness (QED) is 0.692. The number of amides is 1. The summed E-state index contributed by atoms with van der Waals surface area (Å²) in [5.41, 5.74) is 3.76. The van der Waals surface area contributed by atoms with Crippen molar-refractivity contribution in [3.8, 4) is 11.3 Å². The molecule has 0 radical (unpaired) electrons. The second-order valence-corrected chi connectivity index (χ2v) is 6.95. The first kappa shape index (κ1) is 16.5. The number of nitrogens with zero attached hydrogens (tertiary/aromatic N) is 1. The van der Waals surface area contributed by atoms with E-state index in [1.54, 1.807) is 13.0 Å². The fraction of sp³-hybridized carbons (Fsp3) is 0.263. The van der Waals surface area contributed by atoms with Gasteiger partial charge in [-0.2, -0.15) is 0 Å². The van der Waals surface area contributed by atoms with E-state index in [0.717, 1.165) is 17.0 Å². The Morgan fingerprint density at radius 1 is 1.21 bits per heavy atom. The van der Waals surface area contributed by atoms with Crippen molar-refractivity contribution < 1.29 is 9.21 Å². The first-order valence-corrected chi connectivity index (χ1v) is 8.76. The summed E-state index contributed by atoms with van der Waals surface area (Å²) in [5.74, 6) is 1.65. The highest BCUT2D eigenvalue weighted by molar-refractivity contribution is 7.14. The number of benzene rings is 1. The number of hydrogen-bond acceptors (Lipinski definition) is 4. The van der Waals surface area contributed by atoms with Crippen molar-refractivity contribution in [1.82, 2.24) is 4.98 Å². The molecule has 0 atom stereocenters. The number of carbonyl (C=O) groups excluding carboxylic acids is 1. The van der Waals surface area contributed by atoms with Crippen LogP contribution in [0.3, 0.4) is 0 Å². The van der Waals surface area contributed by atoms with Gasteiger partial charge in [0.25, 0.3) is 5.91 Å². The summed E-state index contributed by atoms with van der Waals surface area (Å²) in [7, 11) is 0. The van der Waals surface area contributed by atoms with Crippen LogP contribution < -0.4 is 5.32 Å². The molecule has 124 valence electrons. The largest absolute Gasteiger partial charge is 0.466 e. The van der Waals surface area contributed by atoms with Crippen LogP contribution in [0.25, 0.3) is 11.3 Å². The Labute approximate surface area is 145 Å². The fourth-order valence-electron chi connectivity index (χ4n) is 2.52. The van der Waals surface area contributed by atoms with E-state index in [-0.39, 0.29) is 5.91 Å². The van der Waals surface area contributed by atoms with E-state index in [1.807, 2.05) is 12.3 Å². The van der Waals surface area contributed by atoms with Gasteiger partial charge >= 0.3 is 0 Å². The zero-order valence-electron chi connectivity index (χ0n) is 14.2. The van der Waals surface area contributed by atoms with E-state index in [9.17, 15) is 4.79 Å². The highest BCUT2D eigenvalue weighted by atomic mass is 32.1. The predicted octanol–water partition coefficient (Wildman–Crippen LogP) is 5.40. The molecule has 2 heterocycles. The highest BCUT2D eigenvalue weighted by Gasteiger charge is 2.15. The average molecular weight is 340 g/mol. The van der Waals surface area contributed by atoms with Crippen LogP contribution in [0, 0.1) is 13.8 Å². The van der Waals surface area contributed by atoms with Gasteiger partial charge in [-0.3, -0.25) is 10.1 Å².